The van der Waals surface area contributed by atoms with Gasteiger partial charge in [-0.25, -0.2) is 4.79 Å². The molecule has 0 saturated heterocycles. The highest BCUT2D eigenvalue weighted by molar-refractivity contribution is 6.23. The summed E-state index contributed by atoms with van der Waals surface area (Å²) in [7, 11) is 0. The van der Waals surface area contributed by atoms with Gasteiger partial charge in [-0.15, -0.1) is 6.42 Å². The Hall–Kier alpha value is -3.83. The Morgan fingerprint density at radius 2 is 1.43 bits per heavy atom. The van der Waals surface area contributed by atoms with Crippen LogP contribution in [-0.2, 0) is 11.3 Å². The van der Waals surface area contributed by atoms with Gasteiger partial charge < -0.3 is 4.74 Å². The van der Waals surface area contributed by atoms with Gasteiger partial charge in [0.25, 0.3) is 0 Å². The molecule has 0 spiro atoms. The van der Waals surface area contributed by atoms with Crippen molar-refractivity contribution >= 4 is 38.3 Å². The number of rotatable bonds is 3. The third-order valence-electron chi connectivity index (χ3n) is 5.27. The zero-order valence-electron chi connectivity index (χ0n) is 15.1. The first kappa shape index (κ1) is 16.4. The first-order valence-electron chi connectivity index (χ1n) is 9.14. The molecule has 0 N–H and O–H groups in total. The van der Waals surface area contributed by atoms with Crippen molar-refractivity contribution in [2.75, 3.05) is 0 Å². The second-order valence-corrected chi connectivity index (χ2v) is 6.88. The minimum Gasteiger partial charge on any atom is -0.457 e. The van der Waals surface area contributed by atoms with Gasteiger partial charge in [-0.3, -0.25) is 0 Å². The normalized spacial score (nSPS) is 11.1. The van der Waals surface area contributed by atoms with Crippen molar-refractivity contribution in [3.8, 4) is 12.3 Å². The summed E-state index contributed by atoms with van der Waals surface area (Å²) in [4.78, 5) is 12.4. The Bertz CT molecular complexity index is 1360. The number of carbonyl (C=O) groups is 1. The van der Waals surface area contributed by atoms with E-state index in [1.807, 2.05) is 6.07 Å². The molecule has 0 aromatic heterocycles. The summed E-state index contributed by atoms with van der Waals surface area (Å²) < 4.78 is 5.59. The molecule has 0 aliphatic carbocycles. The van der Waals surface area contributed by atoms with Gasteiger partial charge in [0.05, 0.1) is 5.56 Å². The molecule has 0 unspecified atom stereocenters. The van der Waals surface area contributed by atoms with E-state index in [4.69, 9.17) is 11.2 Å². The standard InChI is InChI=1S/C26H16O2/c1-2-17-6-8-21(9-7-17)26(27)28-16-22-13-12-20-11-10-18-4-3-5-19-14-15-23(22)25(20)24(18)19/h1,3-15H,16H2. The van der Waals surface area contributed by atoms with Gasteiger partial charge in [-0.1, -0.05) is 60.5 Å². The average molecular weight is 360 g/mol. The van der Waals surface area contributed by atoms with E-state index in [0.717, 1.165) is 16.5 Å². The fraction of sp³-hybridized carbons (Fsp3) is 0.0385. The Morgan fingerprint density at radius 3 is 2.14 bits per heavy atom. The monoisotopic (exact) mass is 360 g/mol. The quantitative estimate of drug-likeness (QED) is 0.227. The van der Waals surface area contributed by atoms with Crippen LogP contribution in [-0.4, -0.2) is 5.97 Å². The molecule has 0 amide bonds. The lowest BCUT2D eigenvalue weighted by Crippen LogP contribution is -2.05. The second-order valence-electron chi connectivity index (χ2n) is 6.88. The van der Waals surface area contributed by atoms with Crippen LogP contribution in [0.4, 0.5) is 0 Å². The number of ether oxygens (including phenoxy) is 1. The topological polar surface area (TPSA) is 26.3 Å². The molecule has 0 bridgehead atoms. The highest BCUT2D eigenvalue weighted by Gasteiger charge is 2.13. The van der Waals surface area contributed by atoms with Crippen LogP contribution in [0.2, 0.25) is 0 Å². The van der Waals surface area contributed by atoms with Gasteiger partial charge in [-0.2, -0.15) is 0 Å². The smallest absolute Gasteiger partial charge is 0.338 e. The zero-order valence-corrected chi connectivity index (χ0v) is 15.1. The van der Waals surface area contributed by atoms with Crippen molar-refractivity contribution < 1.29 is 9.53 Å². The van der Waals surface area contributed by atoms with Crippen LogP contribution in [0.1, 0.15) is 21.5 Å². The molecular formula is C26H16O2. The van der Waals surface area contributed by atoms with Crippen LogP contribution in [0.25, 0.3) is 32.3 Å². The Morgan fingerprint density at radius 1 is 0.786 bits per heavy atom. The van der Waals surface area contributed by atoms with Crippen molar-refractivity contribution in [1.29, 1.82) is 0 Å². The second kappa shape index (κ2) is 6.40. The van der Waals surface area contributed by atoms with E-state index in [2.05, 4.69) is 54.5 Å². The number of hydrogen-bond donors (Lipinski definition) is 0. The number of esters is 1. The first-order chi connectivity index (χ1) is 13.7. The third-order valence-corrected chi connectivity index (χ3v) is 5.27. The predicted molar refractivity (Wildman–Crippen MR) is 114 cm³/mol. The summed E-state index contributed by atoms with van der Waals surface area (Å²) in [6.07, 6.45) is 5.36. The Balaban J connectivity index is 1.52. The molecule has 0 aliphatic rings. The summed E-state index contributed by atoms with van der Waals surface area (Å²) in [5.74, 6) is 2.19. The van der Waals surface area contributed by atoms with E-state index in [9.17, 15) is 4.79 Å². The van der Waals surface area contributed by atoms with Crippen LogP contribution in [0.5, 0.6) is 0 Å². The summed E-state index contributed by atoms with van der Waals surface area (Å²) in [6, 6.07) is 25.9. The van der Waals surface area contributed by atoms with E-state index in [1.54, 1.807) is 24.3 Å². The van der Waals surface area contributed by atoms with Crippen LogP contribution in [0.15, 0.2) is 78.9 Å². The van der Waals surface area contributed by atoms with Gasteiger partial charge >= 0.3 is 5.97 Å². The summed E-state index contributed by atoms with van der Waals surface area (Å²) in [6.45, 7) is 0.226. The first-order valence-corrected chi connectivity index (χ1v) is 9.14. The molecule has 5 aromatic carbocycles. The molecule has 2 nitrogen and oxygen atoms in total. The van der Waals surface area contributed by atoms with E-state index < -0.39 is 0 Å². The Labute approximate surface area is 162 Å². The highest BCUT2D eigenvalue weighted by atomic mass is 16.5. The lowest BCUT2D eigenvalue weighted by atomic mass is 9.92. The lowest BCUT2D eigenvalue weighted by Gasteiger charge is -2.14. The van der Waals surface area contributed by atoms with E-state index >= 15 is 0 Å². The largest absolute Gasteiger partial charge is 0.457 e. The van der Waals surface area contributed by atoms with E-state index in [0.29, 0.717) is 5.56 Å². The third kappa shape index (κ3) is 2.57. The van der Waals surface area contributed by atoms with Gasteiger partial charge in [0.1, 0.15) is 6.61 Å². The minimum absolute atomic E-state index is 0.226. The molecule has 5 rings (SSSR count). The van der Waals surface area contributed by atoms with Gasteiger partial charge in [0, 0.05) is 5.56 Å². The van der Waals surface area contributed by atoms with Crippen molar-refractivity contribution in [3.63, 3.8) is 0 Å². The van der Waals surface area contributed by atoms with Gasteiger partial charge in [0.2, 0.25) is 0 Å². The SMILES string of the molecule is C#Cc1ccc(C(=O)OCc2ccc3ccc4cccc5ccc2c3c45)cc1. The van der Waals surface area contributed by atoms with Crippen LogP contribution in [0.3, 0.4) is 0 Å². The molecule has 0 saturated carbocycles. The van der Waals surface area contributed by atoms with Crippen molar-refractivity contribution in [1.82, 2.24) is 0 Å². The van der Waals surface area contributed by atoms with Crippen LogP contribution < -0.4 is 0 Å². The lowest BCUT2D eigenvalue weighted by molar-refractivity contribution is 0.0474. The molecule has 2 heteroatoms. The Kier molecular flexibility index (Phi) is 3.74. The molecule has 28 heavy (non-hydrogen) atoms. The number of hydrogen-bond acceptors (Lipinski definition) is 2. The summed E-state index contributed by atoms with van der Waals surface area (Å²) in [5.41, 5.74) is 2.24. The number of terminal acetylenes is 1. The summed E-state index contributed by atoms with van der Waals surface area (Å²) >= 11 is 0. The van der Waals surface area contributed by atoms with Gasteiger partial charge in [-0.05, 0) is 62.1 Å². The highest BCUT2D eigenvalue weighted by Crippen LogP contribution is 2.36. The molecule has 0 radical (unpaired) electrons. The van der Waals surface area contributed by atoms with Crippen molar-refractivity contribution in [3.05, 3.63) is 95.6 Å². The number of benzene rings is 5. The van der Waals surface area contributed by atoms with Crippen molar-refractivity contribution in [2.24, 2.45) is 0 Å². The summed E-state index contributed by atoms with van der Waals surface area (Å²) in [5, 5.41) is 7.24. The maximum atomic E-state index is 12.4. The zero-order chi connectivity index (χ0) is 19.1. The predicted octanol–water partition coefficient (Wildman–Crippen LogP) is 5.92. The fourth-order valence-electron chi connectivity index (χ4n) is 3.85. The van der Waals surface area contributed by atoms with Gasteiger partial charge in [0.15, 0.2) is 0 Å². The molecular weight excluding hydrogens is 344 g/mol. The maximum Gasteiger partial charge on any atom is 0.338 e. The molecule has 132 valence electrons. The average Bonchev–Trinajstić information content (AvgIpc) is 2.76. The van der Waals surface area contributed by atoms with E-state index in [1.165, 1.54) is 26.9 Å². The molecule has 0 fully saturated rings. The van der Waals surface area contributed by atoms with Crippen molar-refractivity contribution in [2.45, 2.75) is 6.61 Å². The van der Waals surface area contributed by atoms with E-state index in [-0.39, 0.29) is 12.6 Å². The fourth-order valence-corrected chi connectivity index (χ4v) is 3.85. The maximum absolute atomic E-state index is 12.4. The van der Waals surface area contributed by atoms with Crippen LogP contribution >= 0.6 is 0 Å². The van der Waals surface area contributed by atoms with Crippen LogP contribution in [0, 0.1) is 12.3 Å². The molecule has 5 aromatic rings. The number of carbonyl (C=O) groups excluding carboxylic acids is 1. The molecule has 0 atom stereocenters. The minimum atomic E-state index is -0.353. The molecule has 0 heterocycles. The molecule has 0 aliphatic heterocycles.